The van der Waals surface area contributed by atoms with Crippen molar-refractivity contribution in [1.29, 1.82) is 0 Å². The van der Waals surface area contributed by atoms with E-state index < -0.39 is 11.7 Å². The number of nitrogens with one attached hydrogen (secondary N) is 1. The van der Waals surface area contributed by atoms with E-state index in [0.29, 0.717) is 0 Å². The molecule has 0 saturated heterocycles. The zero-order valence-corrected chi connectivity index (χ0v) is 10.7. The van der Waals surface area contributed by atoms with Crippen molar-refractivity contribution in [2.24, 2.45) is 0 Å². The molecule has 90 valence electrons. The second-order valence-corrected chi connectivity index (χ2v) is 5.29. The number of hydrogen-bond donors (Lipinski definition) is 2. The molecule has 0 aromatic rings. The van der Waals surface area contributed by atoms with E-state index in [9.17, 15) is 4.79 Å². The van der Waals surface area contributed by atoms with Crippen LogP contribution in [0, 0.1) is 0 Å². The van der Waals surface area contributed by atoms with Gasteiger partial charge in [0.25, 0.3) is 0 Å². The molecule has 4 nitrogen and oxygen atoms in total. The van der Waals surface area contributed by atoms with Crippen LogP contribution in [-0.2, 0) is 4.74 Å². The van der Waals surface area contributed by atoms with Gasteiger partial charge in [-0.1, -0.05) is 0 Å². The van der Waals surface area contributed by atoms with Gasteiger partial charge >= 0.3 is 6.09 Å². The topological polar surface area (TPSA) is 58.6 Å². The third-order valence-electron chi connectivity index (χ3n) is 1.61. The molecule has 0 aromatic heterocycles. The molecule has 0 unspecified atom stereocenters. The molecule has 0 bridgehead atoms. The molecule has 0 rings (SSSR count). The molecule has 0 aliphatic rings. The summed E-state index contributed by atoms with van der Waals surface area (Å²) in [6.45, 7) is 5.37. The highest BCUT2D eigenvalue weighted by molar-refractivity contribution is 7.98. The fourth-order valence-electron chi connectivity index (χ4n) is 0.943. The van der Waals surface area contributed by atoms with Crippen molar-refractivity contribution < 1.29 is 14.6 Å². The van der Waals surface area contributed by atoms with Crippen LogP contribution in [-0.4, -0.2) is 41.5 Å². The Labute approximate surface area is 95.8 Å². The third kappa shape index (κ3) is 8.57. The Bertz CT molecular complexity index is 192. The summed E-state index contributed by atoms with van der Waals surface area (Å²) in [4.78, 5) is 11.3. The monoisotopic (exact) mass is 235 g/mol. The van der Waals surface area contributed by atoms with Crippen LogP contribution in [0.15, 0.2) is 0 Å². The lowest BCUT2D eigenvalue weighted by Crippen LogP contribution is -2.41. The summed E-state index contributed by atoms with van der Waals surface area (Å²) in [7, 11) is 0. The molecular weight excluding hydrogens is 214 g/mol. The minimum absolute atomic E-state index is 0.0558. The second kappa shape index (κ2) is 6.95. The van der Waals surface area contributed by atoms with Crippen LogP contribution >= 0.6 is 11.8 Å². The number of carbonyl (C=O) groups is 1. The van der Waals surface area contributed by atoms with Crippen molar-refractivity contribution in [1.82, 2.24) is 5.32 Å². The summed E-state index contributed by atoms with van der Waals surface area (Å²) in [5.41, 5.74) is -0.496. The van der Waals surface area contributed by atoms with E-state index in [0.717, 1.165) is 12.2 Å². The van der Waals surface area contributed by atoms with Gasteiger partial charge in [0, 0.05) is 0 Å². The van der Waals surface area contributed by atoms with Gasteiger partial charge in [-0.3, -0.25) is 0 Å². The molecule has 1 amide bonds. The van der Waals surface area contributed by atoms with Crippen LogP contribution in [0.1, 0.15) is 27.2 Å². The summed E-state index contributed by atoms with van der Waals surface area (Å²) in [6, 6.07) is -0.215. The van der Waals surface area contributed by atoms with E-state index in [2.05, 4.69) is 5.32 Å². The van der Waals surface area contributed by atoms with Crippen molar-refractivity contribution in [2.45, 2.75) is 38.8 Å². The van der Waals surface area contributed by atoms with Crippen LogP contribution in [0.4, 0.5) is 4.79 Å². The molecule has 0 heterocycles. The van der Waals surface area contributed by atoms with Crippen molar-refractivity contribution in [3.05, 3.63) is 0 Å². The Kier molecular flexibility index (Phi) is 6.76. The lowest BCUT2D eigenvalue weighted by Gasteiger charge is -2.22. The maximum absolute atomic E-state index is 11.3. The summed E-state index contributed by atoms with van der Waals surface area (Å²) in [5.74, 6) is 0.904. The zero-order valence-electron chi connectivity index (χ0n) is 9.87. The number of hydrogen-bond acceptors (Lipinski definition) is 4. The van der Waals surface area contributed by atoms with Gasteiger partial charge in [-0.25, -0.2) is 4.79 Å². The highest BCUT2D eigenvalue weighted by Gasteiger charge is 2.18. The smallest absolute Gasteiger partial charge is 0.407 e. The van der Waals surface area contributed by atoms with Crippen LogP contribution in [0.2, 0.25) is 0 Å². The fourth-order valence-corrected chi connectivity index (χ4v) is 1.46. The average Bonchev–Trinajstić information content (AvgIpc) is 2.09. The standard InChI is InChI=1S/C10H21NO3S/c1-10(2,3)14-9(13)11-8(7-12)5-6-15-4/h8,12H,5-7H2,1-4H3,(H,11,13)/t8-/m0/s1. The lowest BCUT2D eigenvalue weighted by molar-refractivity contribution is 0.0481. The third-order valence-corrected chi connectivity index (χ3v) is 2.26. The van der Waals surface area contributed by atoms with Crippen molar-refractivity contribution in [3.8, 4) is 0 Å². The summed E-state index contributed by atoms with van der Waals surface area (Å²) >= 11 is 1.68. The minimum Gasteiger partial charge on any atom is -0.444 e. The first kappa shape index (κ1) is 14.6. The second-order valence-electron chi connectivity index (χ2n) is 4.31. The van der Waals surface area contributed by atoms with E-state index in [4.69, 9.17) is 9.84 Å². The van der Waals surface area contributed by atoms with Gasteiger partial charge in [0.2, 0.25) is 0 Å². The number of aliphatic hydroxyl groups excluding tert-OH is 1. The SMILES string of the molecule is CSCC[C@@H](CO)NC(=O)OC(C)(C)C. The van der Waals surface area contributed by atoms with Crippen molar-refractivity contribution >= 4 is 17.9 Å². The van der Waals surface area contributed by atoms with Crippen LogP contribution < -0.4 is 5.32 Å². The summed E-state index contributed by atoms with van der Waals surface area (Å²) in [5, 5.41) is 11.7. The number of rotatable bonds is 5. The Morgan fingerprint density at radius 2 is 2.13 bits per heavy atom. The molecule has 0 radical (unpaired) electrons. The number of aliphatic hydroxyl groups is 1. The molecule has 0 saturated carbocycles. The van der Waals surface area contributed by atoms with Gasteiger partial charge in [0.05, 0.1) is 12.6 Å². The lowest BCUT2D eigenvalue weighted by atomic mass is 10.2. The van der Waals surface area contributed by atoms with Crippen molar-refractivity contribution in [3.63, 3.8) is 0 Å². The first-order valence-corrected chi connectivity index (χ1v) is 6.37. The fraction of sp³-hybridized carbons (Fsp3) is 0.900. The number of alkyl carbamates (subject to hydrolysis) is 1. The Hall–Kier alpha value is -0.420. The van der Waals surface area contributed by atoms with Gasteiger partial charge in [0.1, 0.15) is 5.60 Å². The maximum Gasteiger partial charge on any atom is 0.407 e. The summed E-state index contributed by atoms with van der Waals surface area (Å²) < 4.78 is 5.08. The Morgan fingerprint density at radius 1 is 1.53 bits per heavy atom. The van der Waals surface area contributed by atoms with E-state index in [1.54, 1.807) is 11.8 Å². The van der Waals surface area contributed by atoms with E-state index in [1.807, 2.05) is 27.0 Å². The molecule has 0 aliphatic carbocycles. The van der Waals surface area contributed by atoms with Gasteiger partial charge < -0.3 is 15.2 Å². The highest BCUT2D eigenvalue weighted by atomic mass is 32.2. The number of carbonyl (C=O) groups excluding carboxylic acids is 1. The largest absolute Gasteiger partial charge is 0.444 e. The first-order valence-electron chi connectivity index (χ1n) is 4.98. The number of thioether (sulfide) groups is 1. The van der Waals surface area contributed by atoms with Gasteiger partial charge in [-0.05, 0) is 39.2 Å². The molecule has 0 fully saturated rings. The van der Waals surface area contributed by atoms with E-state index >= 15 is 0 Å². The number of amides is 1. The van der Waals surface area contributed by atoms with Crippen LogP contribution in [0.5, 0.6) is 0 Å². The maximum atomic E-state index is 11.3. The molecule has 15 heavy (non-hydrogen) atoms. The molecule has 0 spiro atoms. The molecule has 0 aromatic carbocycles. The van der Waals surface area contributed by atoms with E-state index in [1.165, 1.54) is 0 Å². The van der Waals surface area contributed by atoms with Gasteiger partial charge in [0.15, 0.2) is 0 Å². The first-order chi connectivity index (χ1) is 6.89. The molecule has 2 N–H and O–H groups in total. The van der Waals surface area contributed by atoms with Crippen LogP contribution in [0.3, 0.4) is 0 Å². The molecule has 1 atom stereocenters. The predicted molar refractivity (Wildman–Crippen MR) is 63.2 cm³/mol. The normalized spacial score (nSPS) is 13.4. The Morgan fingerprint density at radius 3 is 2.53 bits per heavy atom. The molecule has 5 heteroatoms. The highest BCUT2D eigenvalue weighted by Crippen LogP contribution is 2.07. The van der Waals surface area contributed by atoms with Gasteiger partial charge in [-0.2, -0.15) is 11.8 Å². The summed E-state index contributed by atoms with van der Waals surface area (Å²) in [6.07, 6.45) is 2.27. The van der Waals surface area contributed by atoms with Crippen LogP contribution in [0.25, 0.3) is 0 Å². The average molecular weight is 235 g/mol. The molecular formula is C10H21NO3S. The van der Waals surface area contributed by atoms with Crippen molar-refractivity contribution in [2.75, 3.05) is 18.6 Å². The molecule has 0 aliphatic heterocycles. The zero-order chi connectivity index (χ0) is 11.9. The minimum atomic E-state index is -0.496. The van der Waals surface area contributed by atoms with Gasteiger partial charge in [-0.15, -0.1) is 0 Å². The predicted octanol–water partition coefficient (Wildman–Crippen LogP) is 1.63. The number of ether oxygens (including phenoxy) is 1. The quantitative estimate of drug-likeness (QED) is 0.760. The Balaban J connectivity index is 3.91. The van der Waals surface area contributed by atoms with E-state index in [-0.39, 0.29) is 12.6 Å².